The van der Waals surface area contributed by atoms with Gasteiger partial charge >= 0.3 is 0 Å². The van der Waals surface area contributed by atoms with E-state index in [9.17, 15) is 4.39 Å². The summed E-state index contributed by atoms with van der Waals surface area (Å²) in [6.07, 6.45) is 2.24. The fourth-order valence-electron chi connectivity index (χ4n) is 3.10. The maximum atomic E-state index is 13.4. The summed E-state index contributed by atoms with van der Waals surface area (Å²) in [6, 6.07) is 13.4. The summed E-state index contributed by atoms with van der Waals surface area (Å²) in [5.41, 5.74) is 4.24. The summed E-state index contributed by atoms with van der Waals surface area (Å²) in [4.78, 5) is 0. The lowest BCUT2D eigenvalue weighted by atomic mass is 10.1. The Kier molecular flexibility index (Phi) is 5.85. The highest BCUT2D eigenvalue weighted by atomic mass is 35.5. The number of nitrogens with zero attached hydrogens (tertiary/aromatic N) is 1. The maximum absolute atomic E-state index is 13.4. The van der Waals surface area contributed by atoms with Crippen LogP contribution in [0.2, 0.25) is 5.02 Å². The monoisotopic (exact) mass is 368 g/mol. The van der Waals surface area contributed by atoms with Crippen molar-refractivity contribution < 1.29 is 4.39 Å². The number of nitrogens with one attached hydrogen (secondary N) is 1. The molecule has 0 aliphatic rings. The van der Waals surface area contributed by atoms with E-state index in [-0.39, 0.29) is 5.02 Å². The van der Waals surface area contributed by atoms with Crippen LogP contribution in [0.3, 0.4) is 0 Å². The van der Waals surface area contributed by atoms with Gasteiger partial charge in [0.15, 0.2) is 0 Å². The smallest absolute Gasteiger partial charge is 0.143 e. The molecule has 4 heteroatoms. The third kappa shape index (κ3) is 4.03. The Bertz CT molecular complexity index is 979. The van der Waals surface area contributed by atoms with Crippen molar-refractivity contribution in [3.05, 3.63) is 64.6 Å². The first kappa shape index (κ1) is 18.4. The number of hydrogen-bond donors (Lipinski definition) is 1. The molecule has 134 valence electrons. The first-order valence-corrected chi connectivity index (χ1v) is 9.30. The van der Waals surface area contributed by atoms with E-state index < -0.39 is 5.82 Å². The Labute approximate surface area is 159 Å². The molecule has 0 aliphatic heterocycles. The highest BCUT2D eigenvalue weighted by Crippen LogP contribution is 2.22. The lowest BCUT2D eigenvalue weighted by Crippen LogP contribution is -2.00. The van der Waals surface area contributed by atoms with Crippen LogP contribution in [0.15, 0.2) is 42.5 Å². The highest BCUT2D eigenvalue weighted by Gasteiger charge is 2.06. The van der Waals surface area contributed by atoms with Gasteiger partial charge < -0.3 is 9.88 Å². The van der Waals surface area contributed by atoms with Crippen LogP contribution in [0.1, 0.15) is 31.5 Å². The summed E-state index contributed by atoms with van der Waals surface area (Å²) in [6.45, 7) is 5.63. The number of aromatic nitrogens is 1. The highest BCUT2D eigenvalue weighted by molar-refractivity contribution is 6.30. The van der Waals surface area contributed by atoms with Crippen LogP contribution in [0.25, 0.3) is 10.9 Å². The molecule has 3 rings (SSSR count). The predicted octanol–water partition coefficient (Wildman–Crippen LogP) is 5.87. The van der Waals surface area contributed by atoms with Gasteiger partial charge in [-0.3, -0.25) is 0 Å². The fraction of sp³-hybridized carbons (Fsp3) is 0.273. The zero-order valence-electron chi connectivity index (χ0n) is 15.1. The zero-order chi connectivity index (χ0) is 18.5. The van der Waals surface area contributed by atoms with Gasteiger partial charge in [0, 0.05) is 23.1 Å². The summed E-state index contributed by atoms with van der Waals surface area (Å²) >= 11 is 5.69. The quantitative estimate of drug-likeness (QED) is 0.557. The third-order valence-electron chi connectivity index (χ3n) is 4.34. The van der Waals surface area contributed by atoms with Crippen molar-refractivity contribution in [3.63, 3.8) is 0 Å². The molecule has 2 aromatic carbocycles. The SMILES string of the molecule is CCCc1ccc2c(c1)cc(C#CCNc1ccc(Cl)c(F)c1)n2CC. The van der Waals surface area contributed by atoms with Gasteiger partial charge in [-0.1, -0.05) is 36.9 Å². The second kappa shape index (κ2) is 8.29. The molecule has 0 unspecified atom stereocenters. The Morgan fingerprint density at radius 3 is 2.69 bits per heavy atom. The molecule has 0 saturated heterocycles. The van der Waals surface area contributed by atoms with Crippen LogP contribution in [-0.2, 0) is 13.0 Å². The molecule has 0 radical (unpaired) electrons. The molecular weight excluding hydrogens is 347 g/mol. The van der Waals surface area contributed by atoms with E-state index in [1.54, 1.807) is 6.07 Å². The molecule has 1 N–H and O–H groups in total. The van der Waals surface area contributed by atoms with Gasteiger partial charge in [0.25, 0.3) is 0 Å². The molecule has 0 fully saturated rings. The largest absolute Gasteiger partial charge is 0.374 e. The van der Waals surface area contributed by atoms with E-state index in [1.807, 2.05) is 0 Å². The molecule has 1 aromatic heterocycles. The molecule has 0 bridgehead atoms. The number of halogens is 2. The van der Waals surface area contributed by atoms with Gasteiger partial charge in [-0.15, -0.1) is 0 Å². The Balaban J connectivity index is 1.77. The normalized spacial score (nSPS) is 10.6. The van der Waals surface area contributed by atoms with Crippen molar-refractivity contribution in [2.45, 2.75) is 33.2 Å². The van der Waals surface area contributed by atoms with Gasteiger partial charge in [-0.05, 0) is 61.2 Å². The molecule has 1 heterocycles. The third-order valence-corrected chi connectivity index (χ3v) is 4.64. The molecule has 0 spiro atoms. The van der Waals surface area contributed by atoms with Gasteiger partial charge in [0.1, 0.15) is 5.82 Å². The molecule has 26 heavy (non-hydrogen) atoms. The molecule has 0 amide bonds. The van der Waals surface area contributed by atoms with E-state index in [0.29, 0.717) is 12.2 Å². The van der Waals surface area contributed by atoms with Crippen LogP contribution in [0.4, 0.5) is 10.1 Å². The van der Waals surface area contributed by atoms with E-state index in [2.05, 4.69) is 59.8 Å². The average molecular weight is 369 g/mol. The van der Waals surface area contributed by atoms with E-state index in [4.69, 9.17) is 11.6 Å². The summed E-state index contributed by atoms with van der Waals surface area (Å²) in [5, 5.41) is 4.45. The summed E-state index contributed by atoms with van der Waals surface area (Å²) in [5.74, 6) is 5.92. The molecular formula is C22H22ClFN2. The molecule has 3 aromatic rings. The Morgan fingerprint density at radius 2 is 1.96 bits per heavy atom. The molecule has 2 nitrogen and oxygen atoms in total. The van der Waals surface area contributed by atoms with Gasteiger partial charge in [0.05, 0.1) is 17.3 Å². The number of fused-ring (bicyclic) bond motifs is 1. The first-order chi connectivity index (χ1) is 12.6. The lowest BCUT2D eigenvalue weighted by molar-refractivity contribution is 0.629. The number of benzene rings is 2. The number of anilines is 1. The molecule has 0 aliphatic carbocycles. The van der Waals surface area contributed by atoms with Crippen molar-refractivity contribution >= 4 is 28.2 Å². The van der Waals surface area contributed by atoms with Crippen molar-refractivity contribution in [1.29, 1.82) is 0 Å². The summed E-state index contributed by atoms with van der Waals surface area (Å²) < 4.78 is 15.7. The van der Waals surface area contributed by atoms with Crippen LogP contribution < -0.4 is 5.32 Å². The minimum atomic E-state index is -0.432. The van der Waals surface area contributed by atoms with Crippen LogP contribution >= 0.6 is 11.6 Å². The molecule has 0 atom stereocenters. The maximum Gasteiger partial charge on any atom is 0.143 e. The van der Waals surface area contributed by atoms with E-state index in [1.165, 1.54) is 28.6 Å². The standard InChI is InChI=1S/C22H22ClFN2/c1-3-6-16-8-11-22-17(13-16)14-19(26(22)4-2)7-5-12-25-18-9-10-20(23)21(24)15-18/h8-11,13-15,25H,3-4,6,12H2,1-2H3. The predicted molar refractivity (Wildman–Crippen MR) is 108 cm³/mol. The number of hydrogen-bond acceptors (Lipinski definition) is 1. The van der Waals surface area contributed by atoms with Crippen molar-refractivity contribution in [1.82, 2.24) is 4.57 Å². The minimum Gasteiger partial charge on any atom is -0.374 e. The van der Waals surface area contributed by atoms with E-state index in [0.717, 1.165) is 25.1 Å². The lowest BCUT2D eigenvalue weighted by Gasteiger charge is -2.04. The fourth-order valence-corrected chi connectivity index (χ4v) is 3.21. The van der Waals surface area contributed by atoms with Gasteiger partial charge in [-0.25, -0.2) is 4.39 Å². The first-order valence-electron chi connectivity index (χ1n) is 8.92. The van der Waals surface area contributed by atoms with Crippen molar-refractivity contribution in [3.8, 4) is 11.8 Å². The number of aryl methyl sites for hydroxylation is 2. The van der Waals surface area contributed by atoms with Gasteiger partial charge in [-0.2, -0.15) is 0 Å². The minimum absolute atomic E-state index is 0.122. The van der Waals surface area contributed by atoms with Crippen LogP contribution in [0, 0.1) is 17.7 Å². The molecule has 0 saturated carbocycles. The Hall–Kier alpha value is -2.44. The van der Waals surface area contributed by atoms with Crippen LogP contribution in [-0.4, -0.2) is 11.1 Å². The second-order valence-corrected chi connectivity index (χ2v) is 6.61. The average Bonchev–Trinajstić information content (AvgIpc) is 2.98. The van der Waals surface area contributed by atoms with Crippen LogP contribution in [0.5, 0.6) is 0 Å². The van der Waals surface area contributed by atoms with E-state index >= 15 is 0 Å². The van der Waals surface area contributed by atoms with Gasteiger partial charge in [0.2, 0.25) is 0 Å². The number of rotatable bonds is 5. The van der Waals surface area contributed by atoms with Crippen molar-refractivity contribution in [2.75, 3.05) is 11.9 Å². The van der Waals surface area contributed by atoms with Crippen molar-refractivity contribution in [2.24, 2.45) is 0 Å². The summed E-state index contributed by atoms with van der Waals surface area (Å²) in [7, 11) is 0. The topological polar surface area (TPSA) is 17.0 Å². The Morgan fingerprint density at radius 1 is 1.12 bits per heavy atom. The second-order valence-electron chi connectivity index (χ2n) is 6.20. The zero-order valence-corrected chi connectivity index (χ0v) is 15.8.